The van der Waals surface area contributed by atoms with Gasteiger partial charge in [0.05, 0.1) is 13.2 Å². The van der Waals surface area contributed by atoms with Crippen LogP contribution in [-0.4, -0.2) is 30.6 Å². The van der Waals surface area contributed by atoms with Crippen molar-refractivity contribution in [3.05, 3.63) is 18.3 Å². The van der Waals surface area contributed by atoms with Gasteiger partial charge in [0.25, 0.3) is 0 Å². The fourth-order valence-electron chi connectivity index (χ4n) is 1.90. The first-order valence-electron chi connectivity index (χ1n) is 5.84. The third kappa shape index (κ3) is 3.17. The quantitative estimate of drug-likeness (QED) is 0.825. The van der Waals surface area contributed by atoms with E-state index in [1.54, 1.807) is 25.4 Å². The number of nitrogens with zero attached hydrogens (tertiary/aromatic N) is 1. The first-order chi connectivity index (χ1) is 8.29. The molecule has 5 heteroatoms. The van der Waals surface area contributed by atoms with Gasteiger partial charge < -0.3 is 15.4 Å². The second-order valence-electron chi connectivity index (χ2n) is 4.08. The van der Waals surface area contributed by atoms with E-state index in [1.807, 2.05) is 0 Å². The number of pyridine rings is 1. The number of anilines is 1. The van der Waals surface area contributed by atoms with Gasteiger partial charge in [-0.1, -0.05) is 6.42 Å². The third-order valence-electron chi connectivity index (χ3n) is 2.84. The lowest BCUT2D eigenvalue weighted by Crippen LogP contribution is -2.43. The second kappa shape index (κ2) is 5.63. The highest BCUT2D eigenvalue weighted by Gasteiger charge is 2.20. The van der Waals surface area contributed by atoms with Crippen molar-refractivity contribution >= 4 is 11.6 Å². The number of ether oxygens (including phenoxy) is 1. The highest BCUT2D eigenvalue weighted by molar-refractivity contribution is 5.94. The van der Waals surface area contributed by atoms with Crippen molar-refractivity contribution in [1.82, 2.24) is 10.3 Å². The van der Waals surface area contributed by atoms with Crippen molar-refractivity contribution in [2.75, 3.05) is 19.0 Å². The molecule has 1 aliphatic rings. The van der Waals surface area contributed by atoms with E-state index in [-0.39, 0.29) is 11.9 Å². The topological polar surface area (TPSA) is 63.2 Å². The molecular formula is C12H17N3O2. The molecule has 17 heavy (non-hydrogen) atoms. The number of carbonyl (C=O) groups is 1. The van der Waals surface area contributed by atoms with E-state index in [4.69, 9.17) is 4.74 Å². The molecule has 2 heterocycles. The first kappa shape index (κ1) is 11.9. The summed E-state index contributed by atoms with van der Waals surface area (Å²) in [4.78, 5) is 15.9. The zero-order valence-electron chi connectivity index (χ0n) is 9.90. The molecule has 1 aliphatic heterocycles. The summed E-state index contributed by atoms with van der Waals surface area (Å²) in [7, 11) is 1.55. The van der Waals surface area contributed by atoms with E-state index in [0.29, 0.717) is 11.6 Å². The van der Waals surface area contributed by atoms with Gasteiger partial charge >= 0.3 is 0 Å². The lowest BCUT2D eigenvalue weighted by atomic mass is 10.0. The lowest BCUT2D eigenvalue weighted by Gasteiger charge is -2.22. The molecule has 1 atom stereocenters. The molecule has 0 spiro atoms. The van der Waals surface area contributed by atoms with Gasteiger partial charge in [-0.2, -0.15) is 0 Å². The SMILES string of the molecule is COc1cc(NC(=O)[C@@H]2CCCCN2)ccn1. The number of carbonyl (C=O) groups excluding carboxylic acids is 1. The summed E-state index contributed by atoms with van der Waals surface area (Å²) in [5, 5.41) is 6.07. The normalized spacial score (nSPS) is 19.7. The molecule has 0 aromatic carbocycles. The number of piperidine rings is 1. The number of nitrogens with one attached hydrogen (secondary N) is 2. The van der Waals surface area contributed by atoms with Crippen LogP contribution < -0.4 is 15.4 Å². The van der Waals surface area contributed by atoms with E-state index in [2.05, 4.69) is 15.6 Å². The Balaban J connectivity index is 1.96. The molecular weight excluding hydrogens is 218 g/mol. The van der Waals surface area contributed by atoms with Gasteiger partial charge in [0.1, 0.15) is 0 Å². The van der Waals surface area contributed by atoms with Crippen LogP contribution in [0.25, 0.3) is 0 Å². The summed E-state index contributed by atoms with van der Waals surface area (Å²) >= 11 is 0. The average Bonchev–Trinajstić information content (AvgIpc) is 2.40. The largest absolute Gasteiger partial charge is 0.481 e. The van der Waals surface area contributed by atoms with Crippen molar-refractivity contribution in [1.29, 1.82) is 0 Å². The molecule has 5 nitrogen and oxygen atoms in total. The summed E-state index contributed by atoms with van der Waals surface area (Å²) in [5.41, 5.74) is 0.717. The van der Waals surface area contributed by atoms with Crippen LogP contribution in [0, 0.1) is 0 Å². The summed E-state index contributed by atoms with van der Waals surface area (Å²) in [6, 6.07) is 3.38. The van der Waals surface area contributed by atoms with Crippen molar-refractivity contribution in [3.8, 4) is 5.88 Å². The summed E-state index contributed by atoms with van der Waals surface area (Å²) in [6.07, 6.45) is 4.76. The number of aromatic nitrogens is 1. The van der Waals surface area contributed by atoms with Crippen LogP contribution in [0.4, 0.5) is 5.69 Å². The molecule has 0 radical (unpaired) electrons. The van der Waals surface area contributed by atoms with Crippen molar-refractivity contribution in [2.24, 2.45) is 0 Å². The molecule has 0 unspecified atom stereocenters. The number of hydrogen-bond donors (Lipinski definition) is 2. The maximum Gasteiger partial charge on any atom is 0.241 e. The van der Waals surface area contributed by atoms with Gasteiger partial charge in [0.2, 0.25) is 11.8 Å². The molecule has 2 rings (SSSR count). The van der Waals surface area contributed by atoms with Crippen LogP contribution in [0.5, 0.6) is 5.88 Å². The Kier molecular flexibility index (Phi) is 3.93. The minimum Gasteiger partial charge on any atom is -0.481 e. The number of methoxy groups -OCH3 is 1. The molecule has 1 aromatic rings. The monoisotopic (exact) mass is 235 g/mol. The molecule has 0 bridgehead atoms. The molecule has 1 aromatic heterocycles. The van der Waals surface area contributed by atoms with Crippen molar-refractivity contribution in [3.63, 3.8) is 0 Å². The Hall–Kier alpha value is -1.62. The fourth-order valence-corrected chi connectivity index (χ4v) is 1.90. The highest BCUT2D eigenvalue weighted by Crippen LogP contribution is 2.15. The van der Waals surface area contributed by atoms with Crippen LogP contribution in [-0.2, 0) is 4.79 Å². The maximum absolute atomic E-state index is 11.9. The molecule has 2 N–H and O–H groups in total. The zero-order chi connectivity index (χ0) is 12.1. The van der Waals surface area contributed by atoms with Crippen LogP contribution in [0.2, 0.25) is 0 Å². The Labute approximate surface area is 101 Å². The van der Waals surface area contributed by atoms with E-state index in [1.165, 1.54) is 0 Å². The molecule has 0 saturated carbocycles. The zero-order valence-corrected chi connectivity index (χ0v) is 9.90. The van der Waals surface area contributed by atoms with Gasteiger partial charge in [-0.15, -0.1) is 0 Å². The van der Waals surface area contributed by atoms with Gasteiger partial charge in [-0.25, -0.2) is 4.98 Å². The van der Waals surface area contributed by atoms with Crippen LogP contribution in [0.1, 0.15) is 19.3 Å². The molecule has 1 fully saturated rings. The van der Waals surface area contributed by atoms with E-state index < -0.39 is 0 Å². The number of amides is 1. The number of hydrogen-bond acceptors (Lipinski definition) is 4. The first-order valence-corrected chi connectivity index (χ1v) is 5.84. The summed E-state index contributed by atoms with van der Waals surface area (Å²) in [5.74, 6) is 0.511. The molecule has 92 valence electrons. The molecule has 1 saturated heterocycles. The van der Waals surface area contributed by atoms with Gasteiger partial charge in [0.15, 0.2) is 0 Å². The summed E-state index contributed by atoms with van der Waals surface area (Å²) in [6.45, 7) is 0.914. The minimum atomic E-state index is -0.0806. The van der Waals surface area contributed by atoms with Crippen molar-refractivity contribution in [2.45, 2.75) is 25.3 Å². The molecule has 1 amide bonds. The van der Waals surface area contributed by atoms with Crippen LogP contribution >= 0.6 is 0 Å². The average molecular weight is 235 g/mol. The minimum absolute atomic E-state index is 0.0120. The Morgan fingerprint density at radius 3 is 3.18 bits per heavy atom. The third-order valence-corrected chi connectivity index (χ3v) is 2.84. The van der Waals surface area contributed by atoms with Crippen LogP contribution in [0.15, 0.2) is 18.3 Å². The Bertz CT molecular complexity index is 389. The van der Waals surface area contributed by atoms with E-state index >= 15 is 0 Å². The van der Waals surface area contributed by atoms with E-state index in [9.17, 15) is 4.79 Å². The number of rotatable bonds is 3. The van der Waals surface area contributed by atoms with Gasteiger partial charge in [-0.3, -0.25) is 4.79 Å². The Morgan fingerprint density at radius 2 is 2.47 bits per heavy atom. The van der Waals surface area contributed by atoms with Crippen LogP contribution in [0.3, 0.4) is 0 Å². The van der Waals surface area contributed by atoms with Gasteiger partial charge in [0, 0.05) is 18.0 Å². The maximum atomic E-state index is 11.9. The smallest absolute Gasteiger partial charge is 0.241 e. The van der Waals surface area contributed by atoms with E-state index in [0.717, 1.165) is 25.8 Å². The highest BCUT2D eigenvalue weighted by atomic mass is 16.5. The van der Waals surface area contributed by atoms with Gasteiger partial charge in [-0.05, 0) is 25.5 Å². The standard InChI is InChI=1S/C12H17N3O2/c1-17-11-8-9(5-7-14-11)15-12(16)10-4-2-3-6-13-10/h5,7-8,10,13H,2-4,6H2,1H3,(H,14,15,16)/t10-/m0/s1. The fraction of sp³-hybridized carbons (Fsp3) is 0.500. The predicted molar refractivity (Wildman–Crippen MR) is 65.1 cm³/mol. The second-order valence-corrected chi connectivity index (χ2v) is 4.08. The Morgan fingerprint density at radius 1 is 1.59 bits per heavy atom. The predicted octanol–water partition coefficient (Wildman–Crippen LogP) is 1.17. The molecule has 0 aliphatic carbocycles. The summed E-state index contributed by atoms with van der Waals surface area (Å²) < 4.78 is 5.00. The lowest BCUT2D eigenvalue weighted by molar-refractivity contribution is -0.118. The van der Waals surface area contributed by atoms with Crippen molar-refractivity contribution < 1.29 is 9.53 Å².